The SMILES string of the molecule is O=C(NCc1ccc([N+](=O)[O-])cc1)c1ccccc1[N+](=O)[O-]. The fourth-order valence-corrected chi connectivity index (χ4v) is 1.84. The molecule has 0 saturated carbocycles. The van der Waals surface area contributed by atoms with Crippen LogP contribution in [0.4, 0.5) is 11.4 Å². The molecular weight excluding hydrogens is 290 g/mol. The zero-order valence-electron chi connectivity index (χ0n) is 11.3. The van der Waals surface area contributed by atoms with Crippen molar-refractivity contribution in [1.82, 2.24) is 5.32 Å². The fourth-order valence-electron chi connectivity index (χ4n) is 1.84. The van der Waals surface area contributed by atoms with Crippen molar-refractivity contribution in [3.63, 3.8) is 0 Å². The van der Waals surface area contributed by atoms with E-state index in [0.717, 1.165) is 0 Å². The topological polar surface area (TPSA) is 115 Å². The van der Waals surface area contributed by atoms with Crippen LogP contribution in [0, 0.1) is 20.2 Å². The van der Waals surface area contributed by atoms with E-state index in [0.29, 0.717) is 5.56 Å². The molecular formula is C14H11N3O5. The van der Waals surface area contributed by atoms with Gasteiger partial charge in [0.1, 0.15) is 5.56 Å². The number of amides is 1. The van der Waals surface area contributed by atoms with E-state index in [4.69, 9.17) is 0 Å². The summed E-state index contributed by atoms with van der Waals surface area (Å²) in [5.41, 5.74) is 0.296. The van der Waals surface area contributed by atoms with Crippen LogP contribution in [-0.2, 0) is 6.54 Å². The van der Waals surface area contributed by atoms with Crippen LogP contribution in [-0.4, -0.2) is 15.8 Å². The second-order valence-corrected chi connectivity index (χ2v) is 4.38. The summed E-state index contributed by atoms with van der Waals surface area (Å²) < 4.78 is 0. The molecule has 2 aromatic carbocycles. The Morgan fingerprint density at radius 3 is 2.18 bits per heavy atom. The quantitative estimate of drug-likeness (QED) is 0.672. The second kappa shape index (κ2) is 6.44. The van der Waals surface area contributed by atoms with Crippen LogP contribution in [0.25, 0.3) is 0 Å². The molecule has 0 fully saturated rings. The van der Waals surface area contributed by atoms with E-state index < -0.39 is 15.8 Å². The number of nitro groups is 2. The Bertz CT molecular complexity index is 728. The van der Waals surface area contributed by atoms with Gasteiger partial charge in [-0.15, -0.1) is 0 Å². The van der Waals surface area contributed by atoms with Gasteiger partial charge in [0.2, 0.25) is 0 Å². The highest BCUT2D eigenvalue weighted by atomic mass is 16.6. The van der Waals surface area contributed by atoms with Gasteiger partial charge >= 0.3 is 0 Å². The van der Waals surface area contributed by atoms with Gasteiger partial charge in [-0.25, -0.2) is 0 Å². The van der Waals surface area contributed by atoms with Crippen LogP contribution in [0.2, 0.25) is 0 Å². The molecule has 8 nitrogen and oxygen atoms in total. The zero-order valence-corrected chi connectivity index (χ0v) is 11.3. The number of para-hydroxylation sites is 1. The maximum absolute atomic E-state index is 12.0. The Balaban J connectivity index is 2.07. The molecule has 1 N–H and O–H groups in total. The van der Waals surface area contributed by atoms with E-state index in [1.165, 1.54) is 48.5 Å². The molecule has 2 rings (SSSR count). The van der Waals surface area contributed by atoms with E-state index in [2.05, 4.69) is 5.32 Å². The number of nitro benzene ring substituents is 2. The Labute approximate surface area is 124 Å². The van der Waals surface area contributed by atoms with Crippen molar-refractivity contribution in [1.29, 1.82) is 0 Å². The molecule has 0 aromatic heterocycles. The smallest absolute Gasteiger partial charge is 0.282 e. The highest BCUT2D eigenvalue weighted by Gasteiger charge is 2.18. The van der Waals surface area contributed by atoms with Crippen LogP contribution in [0.1, 0.15) is 15.9 Å². The number of benzene rings is 2. The van der Waals surface area contributed by atoms with E-state index >= 15 is 0 Å². The molecule has 0 atom stereocenters. The van der Waals surface area contributed by atoms with Gasteiger partial charge in [-0.3, -0.25) is 25.0 Å². The van der Waals surface area contributed by atoms with Crippen LogP contribution in [0.5, 0.6) is 0 Å². The summed E-state index contributed by atoms with van der Waals surface area (Å²) in [7, 11) is 0. The zero-order chi connectivity index (χ0) is 16.1. The summed E-state index contributed by atoms with van der Waals surface area (Å²) in [5.74, 6) is -0.578. The minimum atomic E-state index is -0.624. The van der Waals surface area contributed by atoms with E-state index in [1.807, 2.05) is 0 Å². The van der Waals surface area contributed by atoms with E-state index in [1.54, 1.807) is 0 Å². The highest BCUT2D eigenvalue weighted by molar-refractivity contribution is 5.98. The van der Waals surface area contributed by atoms with Crippen molar-refractivity contribution in [3.8, 4) is 0 Å². The molecule has 1 amide bonds. The summed E-state index contributed by atoms with van der Waals surface area (Å²) in [6.45, 7) is 0.114. The van der Waals surface area contributed by atoms with Gasteiger partial charge in [-0.05, 0) is 11.6 Å². The lowest BCUT2D eigenvalue weighted by atomic mass is 10.1. The van der Waals surface area contributed by atoms with Crippen molar-refractivity contribution in [2.75, 3.05) is 0 Å². The van der Waals surface area contributed by atoms with Crippen molar-refractivity contribution >= 4 is 17.3 Å². The summed E-state index contributed by atoms with van der Waals surface area (Å²) in [6, 6.07) is 11.3. The minimum Gasteiger partial charge on any atom is -0.348 e. The molecule has 0 bridgehead atoms. The molecule has 2 aromatic rings. The maximum Gasteiger partial charge on any atom is 0.282 e. The number of nitrogens with zero attached hydrogens (tertiary/aromatic N) is 2. The van der Waals surface area contributed by atoms with Gasteiger partial charge in [0, 0.05) is 24.7 Å². The average Bonchev–Trinajstić information content (AvgIpc) is 2.53. The Morgan fingerprint density at radius 2 is 1.59 bits per heavy atom. The van der Waals surface area contributed by atoms with Crippen LogP contribution in [0.15, 0.2) is 48.5 Å². The van der Waals surface area contributed by atoms with Crippen molar-refractivity contribution in [3.05, 3.63) is 79.9 Å². The first kappa shape index (κ1) is 15.1. The number of carbonyl (C=O) groups is 1. The third-order valence-electron chi connectivity index (χ3n) is 2.95. The number of hydrogen-bond donors (Lipinski definition) is 1. The fraction of sp³-hybridized carbons (Fsp3) is 0.0714. The Hall–Kier alpha value is -3.29. The van der Waals surface area contributed by atoms with Crippen molar-refractivity contribution < 1.29 is 14.6 Å². The minimum absolute atomic E-state index is 0.0330. The molecule has 0 aliphatic rings. The van der Waals surface area contributed by atoms with Crippen LogP contribution < -0.4 is 5.32 Å². The molecule has 0 saturated heterocycles. The summed E-state index contributed by atoms with van der Waals surface area (Å²) in [5, 5.41) is 23.9. The molecule has 0 aliphatic carbocycles. The first-order chi connectivity index (χ1) is 10.5. The van der Waals surface area contributed by atoms with Gasteiger partial charge in [-0.2, -0.15) is 0 Å². The average molecular weight is 301 g/mol. The first-order valence-corrected chi connectivity index (χ1v) is 6.24. The van der Waals surface area contributed by atoms with Gasteiger partial charge < -0.3 is 5.32 Å². The molecule has 0 aliphatic heterocycles. The summed E-state index contributed by atoms with van der Waals surface area (Å²) in [4.78, 5) is 32.3. The first-order valence-electron chi connectivity index (χ1n) is 6.24. The third kappa shape index (κ3) is 3.42. The van der Waals surface area contributed by atoms with Crippen molar-refractivity contribution in [2.24, 2.45) is 0 Å². The lowest BCUT2D eigenvalue weighted by Crippen LogP contribution is -2.23. The third-order valence-corrected chi connectivity index (χ3v) is 2.95. The van der Waals surface area contributed by atoms with Crippen LogP contribution >= 0.6 is 0 Å². The second-order valence-electron chi connectivity index (χ2n) is 4.38. The predicted molar refractivity (Wildman–Crippen MR) is 77.4 cm³/mol. The Morgan fingerprint density at radius 1 is 0.955 bits per heavy atom. The van der Waals surface area contributed by atoms with Gasteiger partial charge in [-0.1, -0.05) is 24.3 Å². The molecule has 0 heterocycles. The largest absolute Gasteiger partial charge is 0.348 e. The molecule has 8 heteroatoms. The normalized spacial score (nSPS) is 10.0. The van der Waals surface area contributed by atoms with Gasteiger partial charge in [0.25, 0.3) is 17.3 Å². The summed E-state index contributed by atoms with van der Waals surface area (Å²) >= 11 is 0. The molecule has 22 heavy (non-hydrogen) atoms. The maximum atomic E-state index is 12.0. The standard InChI is InChI=1S/C14H11N3O5/c18-14(12-3-1-2-4-13(12)17(21)22)15-9-10-5-7-11(8-6-10)16(19)20/h1-8H,9H2,(H,15,18). The highest BCUT2D eigenvalue weighted by Crippen LogP contribution is 2.17. The lowest BCUT2D eigenvalue weighted by molar-refractivity contribution is -0.385. The predicted octanol–water partition coefficient (Wildman–Crippen LogP) is 2.43. The number of non-ortho nitro benzene ring substituents is 1. The summed E-state index contributed by atoms with van der Waals surface area (Å²) in [6.07, 6.45) is 0. The lowest BCUT2D eigenvalue weighted by Gasteiger charge is -2.06. The van der Waals surface area contributed by atoms with E-state index in [-0.39, 0.29) is 23.5 Å². The van der Waals surface area contributed by atoms with Gasteiger partial charge in [0.15, 0.2) is 0 Å². The monoisotopic (exact) mass is 301 g/mol. The Kier molecular flexibility index (Phi) is 4.42. The molecule has 0 unspecified atom stereocenters. The number of nitrogens with one attached hydrogen (secondary N) is 1. The molecule has 112 valence electrons. The van der Waals surface area contributed by atoms with Crippen LogP contribution in [0.3, 0.4) is 0 Å². The molecule has 0 radical (unpaired) electrons. The van der Waals surface area contributed by atoms with E-state index in [9.17, 15) is 25.0 Å². The molecule has 0 spiro atoms. The number of rotatable bonds is 5. The van der Waals surface area contributed by atoms with Gasteiger partial charge in [0.05, 0.1) is 9.85 Å². The van der Waals surface area contributed by atoms with Crippen molar-refractivity contribution in [2.45, 2.75) is 6.54 Å². The number of hydrogen-bond acceptors (Lipinski definition) is 5. The number of carbonyl (C=O) groups excluding carboxylic acids is 1.